The summed E-state index contributed by atoms with van der Waals surface area (Å²) in [6.07, 6.45) is -3.20. The topological polar surface area (TPSA) is 90.2 Å². The Hall–Kier alpha value is -3.50. The van der Waals surface area contributed by atoms with E-state index in [-0.39, 0.29) is 5.69 Å². The van der Waals surface area contributed by atoms with Gasteiger partial charge in [0.05, 0.1) is 10.5 Å². The van der Waals surface area contributed by atoms with Crippen LogP contribution < -0.4 is 14.7 Å². The SMILES string of the molecule is O=C(O)C1CCCN1c1ccc([N+](=O)[O-])c(N2CCN(c3cccc(C(F)(F)F)c3)CC2)c1. The number of nitro groups is 1. The van der Waals surface area contributed by atoms with Gasteiger partial charge in [0, 0.05) is 50.2 Å². The van der Waals surface area contributed by atoms with Gasteiger partial charge in [-0.25, -0.2) is 4.79 Å². The zero-order valence-corrected chi connectivity index (χ0v) is 17.7. The average Bonchev–Trinajstić information content (AvgIpc) is 3.29. The van der Waals surface area contributed by atoms with Gasteiger partial charge in [-0.05, 0) is 43.2 Å². The largest absolute Gasteiger partial charge is 0.480 e. The Kier molecular flexibility index (Phi) is 6.05. The lowest BCUT2D eigenvalue weighted by Crippen LogP contribution is -2.46. The molecule has 11 heteroatoms. The number of carboxylic acids is 1. The number of nitrogens with zero attached hydrogens (tertiary/aromatic N) is 4. The zero-order chi connectivity index (χ0) is 23.8. The summed E-state index contributed by atoms with van der Waals surface area (Å²) in [4.78, 5) is 28.1. The molecule has 2 aromatic rings. The van der Waals surface area contributed by atoms with Gasteiger partial charge in [0.25, 0.3) is 5.69 Å². The maximum Gasteiger partial charge on any atom is 0.416 e. The maximum atomic E-state index is 13.1. The monoisotopic (exact) mass is 464 g/mol. The first-order valence-corrected chi connectivity index (χ1v) is 10.6. The van der Waals surface area contributed by atoms with Crippen LogP contribution in [0, 0.1) is 10.1 Å². The summed E-state index contributed by atoms with van der Waals surface area (Å²) < 4.78 is 39.2. The average molecular weight is 464 g/mol. The third kappa shape index (κ3) is 4.67. The molecule has 2 fully saturated rings. The number of rotatable bonds is 5. The number of benzene rings is 2. The van der Waals surface area contributed by atoms with Crippen LogP contribution in [0.2, 0.25) is 0 Å². The molecule has 2 aliphatic heterocycles. The quantitative estimate of drug-likeness (QED) is 0.529. The van der Waals surface area contributed by atoms with Crippen LogP contribution in [-0.2, 0) is 11.0 Å². The van der Waals surface area contributed by atoms with Crippen LogP contribution in [0.4, 0.5) is 35.9 Å². The molecule has 0 bridgehead atoms. The van der Waals surface area contributed by atoms with E-state index in [1.807, 2.05) is 9.80 Å². The highest BCUT2D eigenvalue weighted by Gasteiger charge is 2.33. The molecule has 0 radical (unpaired) electrons. The first kappa shape index (κ1) is 22.7. The highest BCUT2D eigenvalue weighted by atomic mass is 19.4. The Morgan fingerprint density at radius 1 is 1.00 bits per heavy atom. The van der Waals surface area contributed by atoms with Crippen LogP contribution in [-0.4, -0.2) is 54.8 Å². The molecule has 2 aliphatic rings. The van der Waals surface area contributed by atoms with E-state index in [0.29, 0.717) is 56.2 Å². The van der Waals surface area contributed by atoms with Crippen molar-refractivity contribution >= 4 is 28.7 Å². The number of nitro benzene ring substituents is 1. The molecule has 2 saturated heterocycles. The standard InChI is InChI=1S/C22H23F3N4O4/c23-22(24,25)15-3-1-4-16(13-15)26-9-11-27(12-10-26)20-14-17(6-7-18(20)29(32)33)28-8-2-5-19(28)21(30)31/h1,3-4,6-7,13-14,19H,2,5,8-12H2,(H,30,31). The number of halogens is 3. The number of carbonyl (C=O) groups is 1. The first-order chi connectivity index (χ1) is 15.6. The second-order valence-electron chi connectivity index (χ2n) is 8.14. The molecule has 1 N–H and O–H groups in total. The second kappa shape index (κ2) is 8.80. The Balaban J connectivity index is 1.55. The van der Waals surface area contributed by atoms with Gasteiger partial charge in [0.15, 0.2) is 0 Å². The van der Waals surface area contributed by atoms with E-state index in [9.17, 15) is 33.2 Å². The van der Waals surface area contributed by atoms with Crippen LogP contribution >= 0.6 is 0 Å². The highest BCUT2D eigenvalue weighted by molar-refractivity contribution is 5.80. The smallest absolute Gasteiger partial charge is 0.416 e. The molecule has 0 amide bonds. The molecule has 1 unspecified atom stereocenters. The minimum Gasteiger partial charge on any atom is -0.480 e. The molecule has 2 aromatic carbocycles. The number of hydrogen-bond acceptors (Lipinski definition) is 6. The lowest BCUT2D eigenvalue weighted by atomic mass is 10.1. The molecule has 0 aliphatic carbocycles. The molecule has 0 spiro atoms. The molecule has 176 valence electrons. The van der Waals surface area contributed by atoms with Crippen molar-refractivity contribution in [3.63, 3.8) is 0 Å². The maximum absolute atomic E-state index is 13.1. The van der Waals surface area contributed by atoms with Gasteiger partial charge in [-0.2, -0.15) is 13.2 Å². The van der Waals surface area contributed by atoms with Gasteiger partial charge in [0.1, 0.15) is 11.7 Å². The van der Waals surface area contributed by atoms with Gasteiger partial charge in [-0.1, -0.05) is 6.07 Å². The number of anilines is 3. The number of carboxylic acid groups (broad SMARTS) is 1. The number of hydrogen-bond donors (Lipinski definition) is 1. The van der Waals surface area contributed by atoms with E-state index < -0.39 is 28.7 Å². The van der Waals surface area contributed by atoms with Gasteiger partial charge >= 0.3 is 12.1 Å². The minimum absolute atomic E-state index is 0.0858. The summed E-state index contributed by atoms with van der Waals surface area (Å²) in [5, 5.41) is 21.1. The minimum atomic E-state index is -4.43. The molecular formula is C22H23F3N4O4. The van der Waals surface area contributed by atoms with Crippen molar-refractivity contribution in [1.82, 2.24) is 0 Å². The van der Waals surface area contributed by atoms with Crippen molar-refractivity contribution in [2.24, 2.45) is 0 Å². The Morgan fingerprint density at radius 2 is 1.70 bits per heavy atom. The fourth-order valence-electron chi connectivity index (χ4n) is 4.52. The van der Waals surface area contributed by atoms with E-state index in [1.54, 1.807) is 23.1 Å². The molecule has 2 heterocycles. The van der Waals surface area contributed by atoms with E-state index in [0.717, 1.165) is 18.6 Å². The van der Waals surface area contributed by atoms with Crippen LogP contribution in [0.5, 0.6) is 0 Å². The van der Waals surface area contributed by atoms with E-state index >= 15 is 0 Å². The first-order valence-electron chi connectivity index (χ1n) is 10.6. The number of aliphatic carboxylic acids is 1. The molecule has 33 heavy (non-hydrogen) atoms. The molecule has 8 nitrogen and oxygen atoms in total. The number of piperazine rings is 1. The number of alkyl halides is 3. The van der Waals surface area contributed by atoms with Crippen molar-refractivity contribution in [3.05, 3.63) is 58.1 Å². The fourth-order valence-corrected chi connectivity index (χ4v) is 4.52. The van der Waals surface area contributed by atoms with Crippen molar-refractivity contribution in [2.45, 2.75) is 25.1 Å². The summed E-state index contributed by atoms with van der Waals surface area (Å²) >= 11 is 0. The summed E-state index contributed by atoms with van der Waals surface area (Å²) in [5.41, 5.74) is 0.647. The normalized spacial score (nSPS) is 19.1. The highest BCUT2D eigenvalue weighted by Crippen LogP contribution is 2.37. The summed E-state index contributed by atoms with van der Waals surface area (Å²) in [7, 11) is 0. The Bertz CT molecular complexity index is 1050. The molecule has 4 rings (SSSR count). The Labute approximate surface area is 188 Å². The van der Waals surface area contributed by atoms with Crippen LogP contribution in [0.3, 0.4) is 0 Å². The lowest BCUT2D eigenvalue weighted by Gasteiger charge is -2.37. The third-order valence-electron chi connectivity index (χ3n) is 6.18. The lowest BCUT2D eigenvalue weighted by molar-refractivity contribution is -0.384. The Morgan fingerprint density at radius 3 is 2.33 bits per heavy atom. The third-order valence-corrected chi connectivity index (χ3v) is 6.18. The summed E-state index contributed by atoms with van der Waals surface area (Å²) in [6, 6.07) is 9.07. The van der Waals surface area contributed by atoms with Gasteiger partial charge < -0.3 is 19.8 Å². The van der Waals surface area contributed by atoms with Crippen molar-refractivity contribution in [3.8, 4) is 0 Å². The van der Waals surface area contributed by atoms with Crippen LogP contribution in [0.25, 0.3) is 0 Å². The predicted molar refractivity (Wildman–Crippen MR) is 117 cm³/mol. The van der Waals surface area contributed by atoms with Gasteiger partial charge in [0.2, 0.25) is 0 Å². The molecular weight excluding hydrogens is 441 g/mol. The van der Waals surface area contributed by atoms with Crippen molar-refractivity contribution in [2.75, 3.05) is 47.4 Å². The second-order valence-corrected chi connectivity index (χ2v) is 8.14. The van der Waals surface area contributed by atoms with Crippen molar-refractivity contribution < 1.29 is 28.0 Å². The predicted octanol–water partition coefficient (Wildman–Crippen LogP) is 3.99. The van der Waals surface area contributed by atoms with Crippen LogP contribution in [0.15, 0.2) is 42.5 Å². The van der Waals surface area contributed by atoms with E-state index in [1.165, 1.54) is 12.1 Å². The van der Waals surface area contributed by atoms with Gasteiger partial charge in [-0.15, -0.1) is 0 Å². The van der Waals surface area contributed by atoms with Crippen molar-refractivity contribution in [1.29, 1.82) is 0 Å². The fraction of sp³-hybridized carbons (Fsp3) is 0.409. The zero-order valence-electron chi connectivity index (χ0n) is 17.7. The van der Waals surface area contributed by atoms with E-state index in [4.69, 9.17) is 0 Å². The molecule has 1 atom stereocenters. The van der Waals surface area contributed by atoms with Gasteiger partial charge in [-0.3, -0.25) is 10.1 Å². The molecule has 0 saturated carbocycles. The van der Waals surface area contributed by atoms with Crippen LogP contribution in [0.1, 0.15) is 18.4 Å². The summed E-state index contributed by atoms with van der Waals surface area (Å²) in [5.74, 6) is -0.929. The van der Waals surface area contributed by atoms with E-state index in [2.05, 4.69) is 0 Å². The molecule has 0 aromatic heterocycles. The summed E-state index contributed by atoms with van der Waals surface area (Å²) in [6.45, 7) is 2.09.